The Bertz CT molecular complexity index is 285. The number of aliphatic hydroxyl groups excluding tert-OH is 1. The lowest BCUT2D eigenvalue weighted by atomic mass is 9.83. The molecule has 2 rings (SSSR count). The van der Waals surface area contributed by atoms with Gasteiger partial charge in [0.1, 0.15) is 0 Å². The van der Waals surface area contributed by atoms with Crippen LogP contribution >= 0.6 is 0 Å². The number of amides is 1. The molecule has 0 aromatic heterocycles. The third-order valence-electron chi connectivity index (χ3n) is 4.28. The third-order valence-corrected chi connectivity index (χ3v) is 4.28. The number of hydrogen-bond acceptors (Lipinski definition) is 3. The SMILES string of the molecule is CC1(C)CN(C(=O)[C@H]2CCCCN2)C[C@@H]1CO. The van der Waals surface area contributed by atoms with Crippen LogP contribution in [0.4, 0.5) is 0 Å². The Labute approximate surface area is 103 Å². The molecule has 17 heavy (non-hydrogen) atoms. The van der Waals surface area contributed by atoms with Crippen LogP contribution in [-0.2, 0) is 4.79 Å². The predicted molar refractivity (Wildman–Crippen MR) is 66.6 cm³/mol. The van der Waals surface area contributed by atoms with Gasteiger partial charge < -0.3 is 15.3 Å². The molecule has 0 aromatic rings. The van der Waals surface area contributed by atoms with Crippen LogP contribution in [0.1, 0.15) is 33.1 Å². The number of aliphatic hydroxyl groups is 1. The number of rotatable bonds is 2. The maximum absolute atomic E-state index is 12.3. The Balaban J connectivity index is 1.97. The highest BCUT2D eigenvalue weighted by atomic mass is 16.3. The Kier molecular flexibility index (Phi) is 3.73. The molecule has 2 aliphatic rings. The second-order valence-electron chi connectivity index (χ2n) is 6.09. The van der Waals surface area contributed by atoms with E-state index in [0.717, 1.165) is 25.9 Å². The van der Waals surface area contributed by atoms with E-state index in [1.165, 1.54) is 6.42 Å². The summed E-state index contributed by atoms with van der Waals surface area (Å²) >= 11 is 0. The van der Waals surface area contributed by atoms with Gasteiger partial charge >= 0.3 is 0 Å². The lowest BCUT2D eigenvalue weighted by Crippen LogP contribution is -2.48. The molecule has 0 saturated carbocycles. The minimum absolute atomic E-state index is 0.0111. The first kappa shape index (κ1) is 12.8. The molecule has 1 amide bonds. The molecule has 4 heteroatoms. The van der Waals surface area contributed by atoms with E-state index in [4.69, 9.17) is 0 Å². The first-order valence-corrected chi connectivity index (χ1v) is 6.67. The van der Waals surface area contributed by atoms with E-state index in [0.29, 0.717) is 6.54 Å². The summed E-state index contributed by atoms with van der Waals surface area (Å²) in [7, 11) is 0. The summed E-state index contributed by atoms with van der Waals surface area (Å²) in [5.74, 6) is 0.448. The molecule has 0 aliphatic carbocycles. The molecule has 2 heterocycles. The fourth-order valence-electron chi connectivity index (χ4n) is 2.95. The van der Waals surface area contributed by atoms with Gasteiger partial charge in [0, 0.05) is 25.6 Å². The van der Waals surface area contributed by atoms with Crippen LogP contribution in [0.2, 0.25) is 0 Å². The number of piperidine rings is 1. The fourth-order valence-corrected chi connectivity index (χ4v) is 2.95. The Hall–Kier alpha value is -0.610. The van der Waals surface area contributed by atoms with Crippen LogP contribution in [0.15, 0.2) is 0 Å². The van der Waals surface area contributed by atoms with Crippen LogP contribution in [0, 0.1) is 11.3 Å². The average Bonchev–Trinajstić information content (AvgIpc) is 2.64. The van der Waals surface area contributed by atoms with Gasteiger partial charge in [-0.3, -0.25) is 4.79 Å². The van der Waals surface area contributed by atoms with Crippen LogP contribution in [0.3, 0.4) is 0 Å². The second-order valence-corrected chi connectivity index (χ2v) is 6.09. The average molecular weight is 240 g/mol. The van der Waals surface area contributed by atoms with Gasteiger partial charge in [0.2, 0.25) is 5.91 Å². The van der Waals surface area contributed by atoms with Crippen LogP contribution in [0.5, 0.6) is 0 Å². The van der Waals surface area contributed by atoms with Crippen molar-refractivity contribution in [2.75, 3.05) is 26.2 Å². The third kappa shape index (κ3) is 2.63. The first-order valence-electron chi connectivity index (χ1n) is 6.67. The highest BCUT2D eigenvalue weighted by Gasteiger charge is 2.42. The predicted octanol–water partition coefficient (Wildman–Crippen LogP) is 0.605. The zero-order chi connectivity index (χ0) is 12.5. The van der Waals surface area contributed by atoms with E-state index in [1.807, 2.05) is 4.90 Å². The van der Waals surface area contributed by atoms with E-state index >= 15 is 0 Å². The number of hydrogen-bond donors (Lipinski definition) is 2. The number of likely N-dealkylation sites (tertiary alicyclic amines) is 1. The normalized spacial score (nSPS) is 32.8. The second kappa shape index (κ2) is 4.94. The topological polar surface area (TPSA) is 52.6 Å². The molecule has 0 bridgehead atoms. The minimum Gasteiger partial charge on any atom is -0.396 e. The molecule has 2 fully saturated rings. The van der Waals surface area contributed by atoms with Gasteiger partial charge in [-0.05, 0) is 24.8 Å². The van der Waals surface area contributed by atoms with E-state index in [1.54, 1.807) is 0 Å². The summed E-state index contributed by atoms with van der Waals surface area (Å²) in [6.45, 7) is 6.88. The van der Waals surface area contributed by atoms with Crippen LogP contribution in [-0.4, -0.2) is 48.2 Å². The van der Waals surface area contributed by atoms with Gasteiger partial charge in [0.25, 0.3) is 0 Å². The van der Waals surface area contributed by atoms with Crippen molar-refractivity contribution in [3.05, 3.63) is 0 Å². The zero-order valence-electron chi connectivity index (χ0n) is 10.9. The maximum Gasteiger partial charge on any atom is 0.239 e. The summed E-state index contributed by atoms with van der Waals surface area (Å²) in [6, 6.07) is 0.0111. The molecule has 0 radical (unpaired) electrons. The molecule has 0 aromatic carbocycles. The molecule has 0 spiro atoms. The molecular formula is C13H24N2O2. The molecule has 2 aliphatic heterocycles. The largest absolute Gasteiger partial charge is 0.396 e. The van der Waals surface area contributed by atoms with Crippen molar-refractivity contribution in [1.29, 1.82) is 0 Å². The monoisotopic (exact) mass is 240 g/mol. The van der Waals surface area contributed by atoms with E-state index in [9.17, 15) is 9.90 Å². The van der Waals surface area contributed by atoms with Crippen molar-refractivity contribution in [2.24, 2.45) is 11.3 Å². The highest BCUT2D eigenvalue weighted by Crippen LogP contribution is 2.35. The van der Waals surface area contributed by atoms with Crippen molar-refractivity contribution in [3.8, 4) is 0 Å². The molecule has 98 valence electrons. The zero-order valence-corrected chi connectivity index (χ0v) is 10.9. The van der Waals surface area contributed by atoms with Gasteiger partial charge in [-0.2, -0.15) is 0 Å². The van der Waals surface area contributed by atoms with Crippen LogP contribution < -0.4 is 5.32 Å². The van der Waals surface area contributed by atoms with Crippen molar-refractivity contribution in [1.82, 2.24) is 10.2 Å². The molecule has 2 atom stereocenters. The first-order chi connectivity index (χ1) is 8.04. The van der Waals surface area contributed by atoms with Crippen molar-refractivity contribution < 1.29 is 9.90 Å². The Morgan fingerprint density at radius 1 is 1.47 bits per heavy atom. The molecule has 0 unspecified atom stereocenters. The fraction of sp³-hybridized carbons (Fsp3) is 0.923. The van der Waals surface area contributed by atoms with E-state index in [2.05, 4.69) is 19.2 Å². The van der Waals surface area contributed by atoms with E-state index in [-0.39, 0.29) is 29.9 Å². The van der Waals surface area contributed by atoms with Gasteiger partial charge in [-0.15, -0.1) is 0 Å². The molecular weight excluding hydrogens is 216 g/mol. The summed E-state index contributed by atoms with van der Waals surface area (Å²) in [4.78, 5) is 14.3. The minimum atomic E-state index is 0.0111. The Morgan fingerprint density at radius 3 is 2.76 bits per heavy atom. The Morgan fingerprint density at radius 2 is 2.24 bits per heavy atom. The summed E-state index contributed by atoms with van der Waals surface area (Å²) < 4.78 is 0. The van der Waals surface area contributed by atoms with Crippen molar-refractivity contribution in [3.63, 3.8) is 0 Å². The van der Waals surface area contributed by atoms with Gasteiger partial charge in [0.05, 0.1) is 6.04 Å². The number of carbonyl (C=O) groups excluding carboxylic acids is 1. The van der Waals surface area contributed by atoms with Gasteiger partial charge in [0.15, 0.2) is 0 Å². The number of carbonyl (C=O) groups is 1. The van der Waals surface area contributed by atoms with E-state index < -0.39 is 0 Å². The lowest BCUT2D eigenvalue weighted by molar-refractivity contribution is -0.133. The number of nitrogens with one attached hydrogen (secondary N) is 1. The van der Waals surface area contributed by atoms with Crippen molar-refractivity contribution in [2.45, 2.75) is 39.2 Å². The lowest BCUT2D eigenvalue weighted by Gasteiger charge is -2.28. The van der Waals surface area contributed by atoms with Gasteiger partial charge in [-0.25, -0.2) is 0 Å². The smallest absolute Gasteiger partial charge is 0.239 e. The highest BCUT2D eigenvalue weighted by molar-refractivity contribution is 5.82. The van der Waals surface area contributed by atoms with Crippen molar-refractivity contribution >= 4 is 5.91 Å². The maximum atomic E-state index is 12.3. The molecule has 4 nitrogen and oxygen atoms in total. The molecule has 2 N–H and O–H groups in total. The summed E-state index contributed by atoms with van der Waals surface area (Å²) in [5.41, 5.74) is 0.0408. The molecule has 2 saturated heterocycles. The quantitative estimate of drug-likeness (QED) is 0.743. The van der Waals surface area contributed by atoms with Crippen LogP contribution in [0.25, 0.3) is 0 Å². The number of nitrogens with zero attached hydrogens (tertiary/aromatic N) is 1. The summed E-state index contributed by atoms with van der Waals surface area (Å²) in [6.07, 6.45) is 3.28. The standard InChI is InChI=1S/C13H24N2O2/c1-13(2)9-15(7-10(13)8-16)12(17)11-5-3-4-6-14-11/h10-11,14,16H,3-9H2,1-2H3/t10-,11-/m1/s1. The summed E-state index contributed by atoms with van der Waals surface area (Å²) in [5, 5.41) is 12.7. The van der Waals surface area contributed by atoms with Gasteiger partial charge in [-0.1, -0.05) is 20.3 Å².